The van der Waals surface area contributed by atoms with Gasteiger partial charge in [0.05, 0.1) is 11.7 Å². The number of Topliss-reactive ketones (excluding diaryl/α,β-unsaturated/α-hetero) is 1. The summed E-state index contributed by atoms with van der Waals surface area (Å²) in [7, 11) is -3.94. The summed E-state index contributed by atoms with van der Waals surface area (Å²) in [6, 6.07) is 5.93. The van der Waals surface area contributed by atoms with E-state index in [1.807, 2.05) is 0 Å². The van der Waals surface area contributed by atoms with E-state index in [0.717, 1.165) is 32.1 Å². The van der Waals surface area contributed by atoms with Gasteiger partial charge in [0.25, 0.3) is 10.0 Å². The molecule has 28 heavy (non-hydrogen) atoms. The molecule has 2 aliphatic heterocycles. The van der Waals surface area contributed by atoms with Crippen molar-refractivity contribution in [3.63, 3.8) is 0 Å². The van der Waals surface area contributed by atoms with Crippen LogP contribution in [-0.4, -0.2) is 43.4 Å². The topological polar surface area (TPSA) is 95.9 Å². The van der Waals surface area contributed by atoms with Crippen molar-refractivity contribution < 1.29 is 18.0 Å². The average Bonchev–Trinajstić information content (AvgIpc) is 3.44. The quantitative estimate of drug-likeness (QED) is 0.558. The lowest BCUT2D eigenvalue weighted by Gasteiger charge is -2.23. The monoisotopic (exact) mass is 403 g/mol. The van der Waals surface area contributed by atoms with Crippen molar-refractivity contribution in [1.29, 1.82) is 0 Å². The van der Waals surface area contributed by atoms with Crippen LogP contribution in [0, 0.1) is 11.8 Å². The van der Waals surface area contributed by atoms with Crippen molar-refractivity contribution in [3.05, 3.63) is 24.3 Å². The number of sulfonamides is 1. The highest BCUT2D eigenvalue weighted by molar-refractivity contribution is 7.90. The minimum absolute atomic E-state index is 0.0611. The van der Waals surface area contributed by atoms with Crippen LogP contribution in [0.2, 0.25) is 0 Å². The summed E-state index contributed by atoms with van der Waals surface area (Å²) in [5, 5.41) is 2.94. The Morgan fingerprint density at radius 3 is 2.64 bits per heavy atom. The number of benzene rings is 1. The predicted molar refractivity (Wildman–Crippen MR) is 106 cm³/mol. The number of hydrogen-bond acceptors (Lipinski definition) is 5. The zero-order chi connectivity index (χ0) is 19.9. The molecule has 3 aliphatic rings. The highest BCUT2D eigenvalue weighted by Crippen LogP contribution is 2.39. The van der Waals surface area contributed by atoms with Crippen molar-refractivity contribution in [2.45, 2.75) is 56.4 Å². The molecule has 8 heteroatoms. The molecule has 0 bridgehead atoms. The Balaban J connectivity index is 1.64. The number of ketones is 1. The number of amidine groups is 1. The molecule has 1 amide bonds. The van der Waals surface area contributed by atoms with Gasteiger partial charge in [-0.2, -0.15) is 8.42 Å². The molecule has 2 heterocycles. The van der Waals surface area contributed by atoms with Crippen LogP contribution >= 0.6 is 0 Å². The van der Waals surface area contributed by atoms with Gasteiger partial charge < -0.3 is 10.2 Å². The van der Waals surface area contributed by atoms with Crippen LogP contribution in [0.15, 0.2) is 33.6 Å². The second-order valence-electron chi connectivity index (χ2n) is 7.84. The number of hydrogen-bond donors (Lipinski definition) is 1. The number of nitrogens with zero attached hydrogens (tertiary/aromatic N) is 2. The molecule has 0 radical (unpaired) electrons. The fourth-order valence-corrected chi connectivity index (χ4v) is 5.16. The first-order valence-corrected chi connectivity index (χ1v) is 11.4. The number of carbonyl (C=O) groups excluding carboxylic acids is 2. The lowest BCUT2D eigenvalue weighted by molar-refractivity contribution is -0.130. The number of carbonyl (C=O) groups is 2. The van der Waals surface area contributed by atoms with Crippen LogP contribution < -0.4 is 5.32 Å². The maximum atomic E-state index is 13.2. The normalized spacial score (nSPS) is 26.0. The van der Waals surface area contributed by atoms with Crippen LogP contribution in [0.3, 0.4) is 0 Å². The molecule has 4 rings (SSSR count). The molecule has 1 aromatic carbocycles. The summed E-state index contributed by atoms with van der Waals surface area (Å²) < 4.78 is 28.9. The molecule has 150 valence electrons. The lowest BCUT2D eigenvalue weighted by atomic mass is 9.98. The predicted octanol–water partition coefficient (Wildman–Crippen LogP) is 2.59. The van der Waals surface area contributed by atoms with E-state index >= 15 is 0 Å². The summed E-state index contributed by atoms with van der Waals surface area (Å²) in [6.45, 7) is 2.62. The fraction of sp³-hybridized carbons (Fsp3) is 0.550. The van der Waals surface area contributed by atoms with Gasteiger partial charge in [-0.05, 0) is 30.9 Å². The number of para-hydroxylation sites is 1. The molecule has 0 spiro atoms. The van der Waals surface area contributed by atoms with Gasteiger partial charge in [0.1, 0.15) is 10.7 Å². The Morgan fingerprint density at radius 2 is 1.93 bits per heavy atom. The number of rotatable bonds is 7. The first-order valence-electron chi connectivity index (χ1n) is 9.97. The van der Waals surface area contributed by atoms with Crippen molar-refractivity contribution in [1.82, 2.24) is 4.90 Å². The summed E-state index contributed by atoms with van der Waals surface area (Å²) in [5.41, 5.74) is 0.358. The third-order valence-corrected chi connectivity index (χ3v) is 7.04. The highest BCUT2D eigenvalue weighted by atomic mass is 32.2. The minimum atomic E-state index is -3.94. The maximum absolute atomic E-state index is 13.2. The van der Waals surface area contributed by atoms with Gasteiger partial charge >= 0.3 is 0 Å². The average molecular weight is 404 g/mol. The van der Waals surface area contributed by atoms with Crippen LogP contribution in [0.4, 0.5) is 5.69 Å². The van der Waals surface area contributed by atoms with Gasteiger partial charge in [-0.15, -0.1) is 4.40 Å². The van der Waals surface area contributed by atoms with Crippen LogP contribution in [0.25, 0.3) is 0 Å². The Morgan fingerprint density at radius 1 is 1.18 bits per heavy atom. The molecule has 7 nitrogen and oxygen atoms in total. The van der Waals surface area contributed by atoms with Crippen LogP contribution in [0.1, 0.15) is 45.4 Å². The van der Waals surface area contributed by atoms with Crippen molar-refractivity contribution >= 4 is 33.2 Å². The molecule has 1 aliphatic carbocycles. The zero-order valence-corrected chi connectivity index (χ0v) is 16.7. The number of fused-ring (bicyclic) bond motifs is 1. The van der Waals surface area contributed by atoms with E-state index in [1.54, 1.807) is 23.1 Å². The lowest BCUT2D eigenvalue weighted by Crippen LogP contribution is -2.37. The second kappa shape index (κ2) is 7.31. The van der Waals surface area contributed by atoms with Crippen molar-refractivity contribution in [2.24, 2.45) is 16.2 Å². The third-order valence-electron chi connectivity index (χ3n) is 5.69. The Hall–Kier alpha value is -2.22. The summed E-state index contributed by atoms with van der Waals surface area (Å²) in [5.74, 6) is -1.29. The molecule has 1 saturated heterocycles. The molecule has 1 unspecified atom stereocenters. The maximum Gasteiger partial charge on any atom is 0.286 e. The summed E-state index contributed by atoms with van der Waals surface area (Å²) >= 11 is 0. The van der Waals surface area contributed by atoms with E-state index in [1.165, 1.54) is 6.07 Å². The number of amides is 1. The molecule has 1 aromatic rings. The van der Waals surface area contributed by atoms with Gasteiger partial charge in [-0.3, -0.25) is 9.59 Å². The van der Waals surface area contributed by atoms with E-state index in [-0.39, 0.29) is 22.4 Å². The Labute approximate surface area is 165 Å². The van der Waals surface area contributed by atoms with E-state index in [2.05, 4.69) is 16.6 Å². The SMILES string of the molecule is CCCCCN1C(=O)C(C2=NS(=O)(=O)c3ccccc3N2)C(=O)[C@@H]1CC1CC1. The number of nitrogens with one attached hydrogen (secondary N) is 1. The standard InChI is InChI=1S/C20H25N3O4S/c1-2-3-6-11-23-15(12-13-9-10-13)18(24)17(20(23)25)19-21-14-7-4-5-8-16(14)28(26,27)22-19/h4-5,7-8,13,15,17H,2-3,6,9-12H2,1H3,(H,21,22)/t15-,17?/m0/s1. The van der Waals surface area contributed by atoms with Gasteiger partial charge in [0.15, 0.2) is 11.7 Å². The van der Waals surface area contributed by atoms with Gasteiger partial charge in [0.2, 0.25) is 5.91 Å². The van der Waals surface area contributed by atoms with E-state index in [4.69, 9.17) is 0 Å². The number of anilines is 1. The highest BCUT2D eigenvalue weighted by Gasteiger charge is 2.51. The molecule has 2 atom stereocenters. The number of likely N-dealkylation sites (tertiary alicyclic amines) is 1. The molecule has 1 saturated carbocycles. The van der Waals surface area contributed by atoms with E-state index < -0.39 is 22.0 Å². The Kier molecular flexibility index (Phi) is 4.99. The fourth-order valence-electron chi connectivity index (χ4n) is 4.01. The number of unbranched alkanes of at least 4 members (excludes halogenated alkanes) is 2. The first-order chi connectivity index (χ1) is 13.4. The van der Waals surface area contributed by atoms with Crippen LogP contribution in [-0.2, 0) is 19.6 Å². The van der Waals surface area contributed by atoms with Crippen molar-refractivity contribution in [2.75, 3.05) is 11.9 Å². The molecule has 0 aromatic heterocycles. The van der Waals surface area contributed by atoms with Gasteiger partial charge in [-0.25, -0.2) is 0 Å². The summed E-state index contributed by atoms with van der Waals surface area (Å²) in [6.07, 6.45) is 5.70. The second-order valence-corrected chi connectivity index (χ2v) is 9.41. The van der Waals surface area contributed by atoms with Crippen molar-refractivity contribution in [3.8, 4) is 0 Å². The molecule has 1 N–H and O–H groups in total. The molecular formula is C20H25N3O4S. The Bertz CT molecular complexity index is 937. The first kappa shape index (κ1) is 19.1. The van der Waals surface area contributed by atoms with E-state index in [0.29, 0.717) is 24.6 Å². The van der Waals surface area contributed by atoms with Gasteiger partial charge in [-0.1, -0.05) is 44.7 Å². The smallest absolute Gasteiger partial charge is 0.286 e. The largest absolute Gasteiger partial charge is 0.341 e. The van der Waals surface area contributed by atoms with Gasteiger partial charge in [0, 0.05) is 6.54 Å². The minimum Gasteiger partial charge on any atom is -0.341 e. The van der Waals surface area contributed by atoms with E-state index in [9.17, 15) is 18.0 Å². The zero-order valence-electron chi connectivity index (χ0n) is 15.9. The molecule has 2 fully saturated rings. The third kappa shape index (κ3) is 3.45. The molecular weight excluding hydrogens is 378 g/mol. The summed E-state index contributed by atoms with van der Waals surface area (Å²) in [4.78, 5) is 28.0. The van der Waals surface area contributed by atoms with Crippen LogP contribution in [0.5, 0.6) is 0 Å².